The molecule has 1 amide bonds. The Hall–Kier alpha value is -3.48. The Kier molecular flexibility index (Phi) is 4.07. The Morgan fingerprint density at radius 3 is 2.50 bits per heavy atom. The number of aromatic amines is 1. The average molecular weight is 325 g/mol. The molecule has 7 heteroatoms. The van der Waals surface area contributed by atoms with Crippen molar-refractivity contribution in [1.29, 1.82) is 0 Å². The molecule has 2 aromatic carbocycles. The summed E-state index contributed by atoms with van der Waals surface area (Å²) < 4.78 is 14.0. The van der Waals surface area contributed by atoms with Gasteiger partial charge < -0.3 is 10.3 Å². The zero-order valence-corrected chi connectivity index (χ0v) is 12.3. The van der Waals surface area contributed by atoms with Gasteiger partial charge in [0.2, 0.25) is 0 Å². The van der Waals surface area contributed by atoms with E-state index in [0.29, 0.717) is 5.69 Å². The fraction of sp³-hybridized carbons (Fsp3) is 0. The molecular formula is C17H12FN3O3. The van der Waals surface area contributed by atoms with Crippen LogP contribution in [0.25, 0.3) is 5.69 Å². The maximum atomic E-state index is 13.2. The number of rotatable bonds is 3. The lowest BCUT2D eigenvalue weighted by Gasteiger charge is -2.08. The van der Waals surface area contributed by atoms with Crippen LogP contribution in [0, 0.1) is 5.82 Å². The smallest absolute Gasteiger partial charge is 0.322 e. The van der Waals surface area contributed by atoms with Gasteiger partial charge in [0.1, 0.15) is 11.4 Å². The molecular weight excluding hydrogens is 313 g/mol. The predicted molar refractivity (Wildman–Crippen MR) is 87.0 cm³/mol. The van der Waals surface area contributed by atoms with E-state index in [1.165, 1.54) is 18.2 Å². The van der Waals surface area contributed by atoms with Crippen molar-refractivity contribution < 1.29 is 9.18 Å². The van der Waals surface area contributed by atoms with E-state index in [9.17, 15) is 18.8 Å². The number of hydrogen-bond donors (Lipinski definition) is 2. The minimum absolute atomic E-state index is 0.205. The van der Waals surface area contributed by atoms with E-state index >= 15 is 0 Å². The molecule has 0 atom stereocenters. The molecule has 1 aromatic heterocycles. The zero-order valence-electron chi connectivity index (χ0n) is 12.3. The summed E-state index contributed by atoms with van der Waals surface area (Å²) in [4.78, 5) is 39.1. The molecule has 120 valence electrons. The number of H-pyrrole nitrogens is 1. The van der Waals surface area contributed by atoms with Crippen LogP contribution < -0.4 is 16.6 Å². The highest BCUT2D eigenvalue weighted by Gasteiger charge is 2.16. The highest BCUT2D eigenvalue weighted by atomic mass is 19.1. The molecule has 0 saturated carbocycles. The topological polar surface area (TPSA) is 84.0 Å². The second kappa shape index (κ2) is 6.33. The number of halogens is 1. The van der Waals surface area contributed by atoms with Crippen LogP contribution in [0.1, 0.15) is 10.4 Å². The van der Waals surface area contributed by atoms with Crippen LogP contribution in [0.4, 0.5) is 10.1 Å². The maximum absolute atomic E-state index is 13.2. The monoisotopic (exact) mass is 325 g/mol. The summed E-state index contributed by atoms with van der Waals surface area (Å²) in [6.07, 6.45) is 1.04. The summed E-state index contributed by atoms with van der Waals surface area (Å²) in [6.45, 7) is 0. The molecule has 2 N–H and O–H groups in total. The van der Waals surface area contributed by atoms with Crippen molar-refractivity contribution in [2.24, 2.45) is 0 Å². The SMILES string of the molecule is O=C(Nc1cccc(F)c1)c1c[nH]c(=O)n(-c2ccccc2)c1=O. The van der Waals surface area contributed by atoms with E-state index < -0.39 is 23.0 Å². The highest BCUT2D eigenvalue weighted by molar-refractivity contribution is 6.03. The standard InChI is InChI=1S/C17H12FN3O3/c18-11-5-4-6-12(9-11)20-15(22)14-10-19-17(24)21(16(14)23)13-7-2-1-3-8-13/h1-10H,(H,19,24)(H,20,22). The number of aromatic nitrogens is 2. The lowest BCUT2D eigenvalue weighted by molar-refractivity contribution is 0.102. The van der Waals surface area contributed by atoms with Gasteiger partial charge in [0.15, 0.2) is 0 Å². The Bertz CT molecular complexity index is 1010. The molecule has 0 unspecified atom stereocenters. The summed E-state index contributed by atoms with van der Waals surface area (Å²) in [7, 11) is 0. The largest absolute Gasteiger partial charge is 0.333 e. The number of benzene rings is 2. The number of para-hydroxylation sites is 1. The van der Waals surface area contributed by atoms with Gasteiger partial charge in [0, 0.05) is 11.9 Å². The Morgan fingerprint density at radius 2 is 1.79 bits per heavy atom. The van der Waals surface area contributed by atoms with Crippen LogP contribution in [-0.4, -0.2) is 15.5 Å². The van der Waals surface area contributed by atoms with E-state index in [0.717, 1.165) is 16.8 Å². The summed E-state index contributed by atoms with van der Waals surface area (Å²) >= 11 is 0. The predicted octanol–water partition coefficient (Wildman–Crippen LogP) is 1.92. The molecule has 0 aliphatic rings. The van der Waals surface area contributed by atoms with Crippen LogP contribution in [0.2, 0.25) is 0 Å². The zero-order chi connectivity index (χ0) is 17.1. The fourth-order valence-electron chi connectivity index (χ4n) is 2.21. The first kappa shape index (κ1) is 15.4. The van der Waals surface area contributed by atoms with Gasteiger partial charge >= 0.3 is 5.69 Å². The van der Waals surface area contributed by atoms with Crippen molar-refractivity contribution >= 4 is 11.6 Å². The fourth-order valence-corrected chi connectivity index (χ4v) is 2.21. The van der Waals surface area contributed by atoms with E-state index in [1.807, 2.05) is 0 Å². The first-order valence-electron chi connectivity index (χ1n) is 7.03. The van der Waals surface area contributed by atoms with Crippen molar-refractivity contribution in [2.45, 2.75) is 0 Å². The van der Waals surface area contributed by atoms with Crippen molar-refractivity contribution in [3.8, 4) is 5.69 Å². The van der Waals surface area contributed by atoms with Gasteiger partial charge in [0.05, 0.1) is 5.69 Å². The molecule has 0 aliphatic heterocycles. The molecule has 24 heavy (non-hydrogen) atoms. The second-order valence-electron chi connectivity index (χ2n) is 4.95. The van der Waals surface area contributed by atoms with Crippen LogP contribution in [0.15, 0.2) is 70.4 Å². The molecule has 0 fully saturated rings. The number of carbonyl (C=O) groups excluding carboxylic acids is 1. The molecule has 0 bridgehead atoms. The highest BCUT2D eigenvalue weighted by Crippen LogP contribution is 2.10. The first-order chi connectivity index (χ1) is 11.6. The summed E-state index contributed by atoms with van der Waals surface area (Å²) in [5, 5.41) is 2.42. The minimum atomic E-state index is -0.765. The molecule has 3 aromatic rings. The van der Waals surface area contributed by atoms with Gasteiger partial charge in [-0.3, -0.25) is 9.59 Å². The van der Waals surface area contributed by atoms with Crippen molar-refractivity contribution in [2.75, 3.05) is 5.32 Å². The van der Waals surface area contributed by atoms with Crippen molar-refractivity contribution in [3.63, 3.8) is 0 Å². The number of carbonyl (C=O) groups is 1. The molecule has 0 aliphatic carbocycles. The third-order valence-corrected chi connectivity index (χ3v) is 3.32. The lowest BCUT2D eigenvalue weighted by atomic mass is 10.2. The van der Waals surface area contributed by atoms with Crippen molar-refractivity contribution in [1.82, 2.24) is 9.55 Å². The third-order valence-electron chi connectivity index (χ3n) is 3.32. The lowest BCUT2D eigenvalue weighted by Crippen LogP contribution is -2.38. The number of anilines is 1. The van der Waals surface area contributed by atoms with E-state index in [-0.39, 0.29) is 11.3 Å². The van der Waals surface area contributed by atoms with Gasteiger partial charge in [-0.05, 0) is 30.3 Å². The maximum Gasteiger partial charge on any atom is 0.333 e. The van der Waals surface area contributed by atoms with Gasteiger partial charge in [-0.25, -0.2) is 13.8 Å². The van der Waals surface area contributed by atoms with E-state index in [4.69, 9.17) is 0 Å². The minimum Gasteiger partial charge on any atom is -0.322 e. The summed E-state index contributed by atoms with van der Waals surface area (Å²) in [6, 6.07) is 13.5. The Labute approximate surface area is 135 Å². The molecule has 0 spiro atoms. The number of hydrogen-bond acceptors (Lipinski definition) is 3. The molecule has 3 rings (SSSR count). The Morgan fingerprint density at radius 1 is 1.04 bits per heavy atom. The van der Waals surface area contributed by atoms with E-state index in [2.05, 4.69) is 10.3 Å². The quantitative estimate of drug-likeness (QED) is 0.771. The van der Waals surface area contributed by atoms with Crippen LogP contribution in [-0.2, 0) is 0 Å². The molecule has 0 radical (unpaired) electrons. The summed E-state index contributed by atoms with van der Waals surface area (Å²) in [5.41, 5.74) is -1.14. The van der Waals surface area contributed by atoms with Crippen LogP contribution in [0.3, 0.4) is 0 Å². The van der Waals surface area contributed by atoms with E-state index in [1.54, 1.807) is 30.3 Å². The second-order valence-corrected chi connectivity index (χ2v) is 4.95. The van der Waals surface area contributed by atoms with Crippen LogP contribution in [0.5, 0.6) is 0 Å². The summed E-state index contributed by atoms with van der Waals surface area (Å²) in [5.74, 6) is -1.26. The van der Waals surface area contributed by atoms with Gasteiger partial charge in [-0.15, -0.1) is 0 Å². The third kappa shape index (κ3) is 3.00. The number of nitrogens with zero attached hydrogens (tertiary/aromatic N) is 1. The Balaban J connectivity index is 2.02. The van der Waals surface area contributed by atoms with Gasteiger partial charge in [-0.2, -0.15) is 0 Å². The van der Waals surface area contributed by atoms with Crippen LogP contribution >= 0.6 is 0 Å². The number of amides is 1. The van der Waals surface area contributed by atoms with Gasteiger partial charge in [-0.1, -0.05) is 24.3 Å². The molecule has 1 heterocycles. The molecule has 0 saturated heterocycles. The number of nitrogens with one attached hydrogen (secondary N) is 2. The first-order valence-corrected chi connectivity index (χ1v) is 7.03. The normalized spacial score (nSPS) is 10.4. The van der Waals surface area contributed by atoms with Gasteiger partial charge in [0.25, 0.3) is 11.5 Å². The average Bonchev–Trinajstić information content (AvgIpc) is 2.56. The molecule has 6 nitrogen and oxygen atoms in total. The van der Waals surface area contributed by atoms with Crippen molar-refractivity contribution in [3.05, 3.63) is 93.0 Å².